The Balaban J connectivity index is 2.41. The number of urea groups is 1. The molecule has 110 valence electrons. The molecule has 2 amide bonds. The number of carboxylic acid groups (broad SMARTS) is 1. The van der Waals surface area contributed by atoms with Crippen LogP contribution in [0.2, 0.25) is 0 Å². The van der Waals surface area contributed by atoms with Crippen molar-refractivity contribution in [2.75, 3.05) is 13.1 Å². The average Bonchev–Trinajstić information content (AvgIpc) is 2.34. The highest BCUT2D eigenvalue weighted by Crippen LogP contribution is 2.29. The minimum absolute atomic E-state index is 0.000631. The molecule has 1 aliphatic carbocycles. The first-order valence-corrected chi connectivity index (χ1v) is 7.21. The van der Waals surface area contributed by atoms with Crippen molar-refractivity contribution in [1.82, 2.24) is 10.2 Å². The van der Waals surface area contributed by atoms with Crippen LogP contribution in [0.15, 0.2) is 0 Å². The topological polar surface area (TPSA) is 69.6 Å². The van der Waals surface area contributed by atoms with Gasteiger partial charge in [-0.25, -0.2) is 4.79 Å². The number of hydrogen-bond donors (Lipinski definition) is 2. The number of rotatable bonds is 5. The van der Waals surface area contributed by atoms with Crippen LogP contribution in [0.3, 0.4) is 0 Å². The van der Waals surface area contributed by atoms with Gasteiger partial charge in [0.15, 0.2) is 0 Å². The molecule has 19 heavy (non-hydrogen) atoms. The van der Waals surface area contributed by atoms with Gasteiger partial charge in [-0.05, 0) is 38.0 Å². The third-order valence-electron chi connectivity index (χ3n) is 4.19. The molecule has 0 aromatic heterocycles. The Kier molecular flexibility index (Phi) is 6.12. The second kappa shape index (κ2) is 7.36. The van der Waals surface area contributed by atoms with Gasteiger partial charge in [0.2, 0.25) is 0 Å². The lowest BCUT2D eigenvalue weighted by Crippen LogP contribution is -2.47. The van der Waals surface area contributed by atoms with E-state index in [1.807, 2.05) is 6.92 Å². The van der Waals surface area contributed by atoms with Crippen LogP contribution in [-0.2, 0) is 4.79 Å². The predicted octanol–water partition coefficient (Wildman–Crippen LogP) is 2.32. The third-order valence-corrected chi connectivity index (χ3v) is 4.19. The quantitative estimate of drug-likeness (QED) is 0.805. The van der Waals surface area contributed by atoms with Gasteiger partial charge in [-0.15, -0.1) is 0 Å². The van der Waals surface area contributed by atoms with Crippen molar-refractivity contribution >= 4 is 12.0 Å². The van der Waals surface area contributed by atoms with Crippen molar-refractivity contribution in [3.05, 3.63) is 0 Å². The maximum Gasteiger partial charge on any atom is 0.317 e. The molecule has 3 atom stereocenters. The summed E-state index contributed by atoms with van der Waals surface area (Å²) in [5.74, 6) is 0.488. The normalized spacial score (nSPS) is 26.8. The third kappa shape index (κ3) is 5.09. The zero-order chi connectivity index (χ0) is 14.4. The van der Waals surface area contributed by atoms with E-state index in [-0.39, 0.29) is 25.0 Å². The second-order valence-electron chi connectivity index (χ2n) is 5.64. The predicted molar refractivity (Wildman–Crippen MR) is 74.0 cm³/mol. The summed E-state index contributed by atoms with van der Waals surface area (Å²) in [5, 5.41) is 11.7. The first-order chi connectivity index (χ1) is 8.93. The molecule has 5 heteroatoms. The molecule has 1 fully saturated rings. The maximum atomic E-state index is 12.1. The Morgan fingerprint density at radius 1 is 1.26 bits per heavy atom. The zero-order valence-electron chi connectivity index (χ0n) is 12.2. The Bertz CT molecular complexity index is 320. The van der Waals surface area contributed by atoms with E-state index in [1.54, 1.807) is 4.90 Å². The summed E-state index contributed by atoms with van der Waals surface area (Å²) in [6, 6.07) is 0.105. The summed E-state index contributed by atoms with van der Waals surface area (Å²) in [4.78, 5) is 24.2. The molecule has 3 unspecified atom stereocenters. The standard InChI is InChI=1S/C14H26N2O3/c1-4-16(8-7-13(17)18)14(19)15-12-6-5-10(2)11(3)9-12/h10-12H,4-9H2,1-3H3,(H,15,19)(H,17,18). The van der Waals surface area contributed by atoms with Gasteiger partial charge in [-0.2, -0.15) is 0 Å². The maximum absolute atomic E-state index is 12.1. The summed E-state index contributed by atoms with van der Waals surface area (Å²) in [5.41, 5.74) is 0. The SMILES string of the molecule is CCN(CCC(=O)O)C(=O)NC1CCC(C)C(C)C1. The monoisotopic (exact) mass is 270 g/mol. The lowest BCUT2D eigenvalue weighted by atomic mass is 9.79. The van der Waals surface area contributed by atoms with Crippen LogP contribution in [0.4, 0.5) is 4.79 Å². The molecule has 0 bridgehead atoms. The minimum Gasteiger partial charge on any atom is -0.481 e. The van der Waals surface area contributed by atoms with E-state index < -0.39 is 5.97 Å². The molecule has 0 radical (unpaired) electrons. The highest BCUT2D eigenvalue weighted by molar-refractivity contribution is 5.75. The fourth-order valence-corrected chi connectivity index (χ4v) is 2.58. The fraction of sp³-hybridized carbons (Fsp3) is 0.857. The molecule has 0 spiro atoms. The van der Waals surface area contributed by atoms with E-state index in [1.165, 1.54) is 0 Å². The molecule has 1 aliphatic rings. The van der Waals surface area contributed by atoms with Crippen molar-refractivity contribution in [3.63, 3.8) is 0 Å². The van der Waals surface area contributed by atoms with Gasteiger partial charge in [-0.3, -0.25) is 4.79 Å². The smallest absolute Gasteiger partial charge is 0.317 e. The molecular weight excluding hydrogens is 244 g/mol. The van der Waals surface area contributed by atoms with E-state index >= 15 is 0 Å². The lowest BCUT2D eigenvalue weighted by Gasteiger charge is -2.33. The van der Waals surface area contributed by atoms with Crippen molar-refractivity contribution in [2.45, 2.75) is 52.5 Å². The molecule has 1 rings (SSSR count). The van der Waals surface area contributed by atoms with Crippen molar-refractivity contribution in [2.24, 2.45) is 11.8 Å². The number of carbonyl (C=O) groups excluding carboxylic acids is 1. The van der Waals surface area contributed by atoms with E-state index in [2.05, 4.69) is 19.2 Å². The summed E-state index contributed by atoms with van der Waals surface area (Å²) >= 11 is 0. The molecule has 0 saturated heterocycles. The van der Waals surface area contributed by atoms with Crippen LogP contribution in [-0.4, -0.2) is 41.1 Å². The van der Waals surface area contributed by atoms with Gasteiger partial charge in [0.25, 0.3) is 0 Å². The van der Waals surface area contributed by atoms with Gasteiger partial charge < -0.3 is 15.3 Å². The lowest BCUT2D eigenvalue weighted by molar-refractivity contribution is -0.137. The molecule has 0 heterocycles. The van der Waals surface area contributed by atoms with Gasteiger partial charge in [0.05, 0.1) is 6.42 Å². The second-order valence-corrected chi connectivity index (χ2v) is 5.64. The highest BCUT2D eigenvalue weighted by Gasteiger charge is 2.26. The Hall–Kier alpha value is -1.26. The summed E-state index contributed by atoms with van der Waals surface area (Å²) in [6.45, 7) is 7.17. The van der Waals surface area contributed by atoms with Crippen LogP contribution >= 0.6 is 0 Å². The van der Waals surface area contributed by atoms with Crippen molar-refractivity contribution in [3.8, 4) is 0 Å². The summed E-state index contributed by atoms with van der Waals surface area (Å²) in [6.07, 6.45) is 3.18. The Morgan fingerprint density at radius 2 is 1.95 bits per heavy atom. The van der Waals surface area contributed by atoms with Crippen molar-refractivity contribution < 1.29 is 14.7 Å². The minimum atomic E-state index is -0.869. The van der Waals surface area contributed by atoms with Crippen LogP contribution in [0.5, 0.6) is 0 Å². The largest absolute Gasteiger partial charge is 0.481 e. The first kappa shape index (κ1) is 15.8. The van der Waals surface area contributed by atoms with Gasteiger partial charge in [-0.1, -0.05) is 13.8 Å². The molecule has 2 N–H and O–H groups in total. The molecular formula is C14H26N2O3. The summed E-state index contributed by atoms with van der Waals surface area (Å²) < 4.78 is 0. The molecule has 5 nitrogen and oxygen atoms in total. The molecule has 1 saturated carbocycles. The van der Waals surface area contributed by atoms with Gasteiger partial charge >= 0.3 is 12.0 Å². The number of aliphatic carboxylic acids is 1. The van der Waals surface area contributed by atoms with Crippen LogP contribution in [0.25, 0.3) is 0 Å². The molecule has 0 aliphatic heterocycles. The van der Waals surface area contributed by atoms with E-state index in [0.717, 1.165) is 25.2 Å². The number of carbonyl (C=O) groups is 2. The van der Waals surface area contributed by atoms with Crippen LogP contribution in [0, 0.1) is 11.8 Å². The van der Waals surface area contributed by atoms with E-state index in [0.29, 0.717) is 12.5 Å². The summed E-state index contributed by atoms with van der Waals surface area (Å²) in [7, 11) is 0. The number of nitrogens with zero attached hydrogens (tertiary/aromatic N) is 1. The average molecular weight is 270 g/mol. The van der Waals surface area contributed by atoms with E-state index in [9.17, 15) is 9.59 Å². The van der Waals surface area contributed by atoms with Gasteiger partial charge in [0, 0.05) is 19.1 Å². The Morgan fingerprint density at radius 3 is 2.47 bits per heavy atom. The van der Waals surface area contributed by atoms with Crippen LogP contribution < -0.4 is 5.32 Å². The molecule has 0 aromatic rings. The first-order valence-electron chi connectivity index (χ1n) is 7.21. The van der Waals surface area contributed by atoms with Gasteiger partial charge in [0.1, 0.15) is 0 Å². The zero-order valence-corrected chi connectivity index (χ0v) is 12.2. The number of carboxylic acids is 1. The highest BCUT2D eigenvalue weighted by atomic mass is 16.4. The number of amides is 2. The van der Waals surface area contributed by atoms with E-state index in [4.69, 9.17) is 5.11 Å². The fourth-order valence-electron chi connectivity index (χ4n) is 2.58. The number of hydrogen-bond acceptors (Lipinski definition) is 2. The van der Waals surface area contributed by atoms with Crippen molar-refractivity contribution in [1.29, 1.82) is 0 Å². The Labute approximate surface area is 115 Å². The number of nitrogens with one attached hydrogen (secondary N) is 1. The van der Waals surface area contributed by atoms with Crippen LogP contribution in [0.1, 0.15) is 46.5 Å². The molecule has 0 aromatic carbocycles.